The molecule has 0 atom stereocenters. The molecule has 1 rings (SSSR count). The van der Waals surface area contributed by atoms with Crippen LogP contribution in [0.4, 0.5) is 0 Å². The summed E-state index contributed by atoms with van der Waals surface area (Å²) in [7, 11) is 0. The lowest BCUT2D eigenvalue weighted by Crippen LogP contribution is -2.41. The van der Waals surface area contributed by atoms with Crippen LogP contribution in [0.5, 0.6) is 0 Å². The van der Waals surface area contributed by atoms with Gasteiger partial charge in [-0.1, -0.05) is 24.3 Å². The summed E-state index contributed by atoms with van der Waals surface area (Å²) < 4.78 is 0. The van der Waals surface area contributed by atoms with Gasteiger partial charge in [-0.3, -0.25) is 21.8 Å². The quantitative estimate of drug-likeness (QED) is 0.128. The van der Waals surface area contributed by atoms with Crippen LogP contribution in [0.15, 0.2) is 29.4 Å². The minimum absolute atomic E-state index is 0. The predicted octanol–water partition coefficient (Wildman–Crippen LogP) is -1.31. The SMILES string of the molecule is Br.N=C(N)N(O)NC=c1ccc(=CN=[N+]([O-])C(=N)N)cc1. The minimum Gasteiger partial charge on any atom is -0.722 e. The highest BCUT2D eigenvalue weighted by atomic mass is 79.9. The van der Waals surface area contributed by atoms with Crippen molar-refractivity contribution >= 4 is 41.3 Å². The lowest BCUT2D eigenvalue weighted by Gasteiger charge is -2.12. The average Bonchev–Trinajstić information content (AvgIpc) is 2.42. The molecule has 0 fully saturated rings. The van der Waals surface area contributed by atoms with Crippen LogP contribution in [-0.4, -0.2) is 27.2 Å². The van der Waals surface area contributed by atoms with E-state index in [0.717, 1.165) is 0 Å². The Balaban J connectivity index is 0.00000400. The van der Waals surface area contributed by atoms with Gasteiger partial charge >= 0.3 is 5.96 Å². The maximum Gasteiger partial charge on any atom is 0.402 e. The second kappa shape index (κ2) is 8.50. The van der Waals surface area contributed by atoms with Crippen molar-refractivity contribution < 1.29 is 10.1 Å². The van der Waals surface area contributed by atoms with Crippen LogP contribution in [0.25, 0.3) is 12.4 Å². The standard InChI is InChI=1S/C10H14N8O2.BrH/c11-9(12)17(19)15-5-7-1-2-8(4-3-7)6-16-18(20)10(13)14;/h1-6,15,19H,(H3,11,12)(H3,13,14);1H. The van der Waals surface area contributed by atoms with E-state index in [9.17, 15) is 5.21 Å². The Morgan fingerprint density at radius 3 is 2.29 bits per heavy atom. The first kappa shape index (κ1) is 18.3. The zero-order valence-corrected chi connectivity index (χ0v) is 12.4. The number of benzene rings is 1. The number of nitrogens with zero attached hydrogens (tertiary/aromatic N) is 3. The Labute approximate surface area is 130 Å². The summed E-state index contributed by atoms with van der Waals surface area (Å²) in [5, 5.41) is 38.8. The number of hydrogen-bond acceptors (Lipinski definition) is 6. The van der Waals surface area contributed by atoms with E-state index in [-0.39, 0.29) is 21.8 Å². The first-order chi connectivity index (χ1) is 9.40. The van der Waals surface area contributed by atoms with Crippen LogP contribution < -0.4 is 27.3 Å². The number of hydrogen-bond donors (Lipinski definition) is 6. The summed E-state index contributed by atoms with van der Waals surface area (Å²) >= 11 is 0. The van der Waals surface area contributed by atoms with Gasteiger partial charge in [-0.2, -0.15) is 0 Å². The summed E-state index contributed by atoms with van der Waals surface area (Å²) in [6, 6.07) is 6.65. The molecular formula is C10H15BrN8O2. The van der Waals surface area contributed by atoms with E-state index >= 15 is 0 Å². The number of halogens is 1. The van der Waals surface area contributed by atoms with Crippen molar-refractivity contribution in [3.8, 4) is 0 Å². The van der Waals surface area contributed by atoms with E-state index in [0.29, 0.717) is 15.6 Å². The summed E-state index contributed by atoms with van der Waals surface area (Å²) in [4.78, 5) is -0.0158. The van der Waals surface area contributed by atoms with E-state index in [2.05, 4.69) is 10.5 Å². The predicted molar refractivity (Wildman–Crippen MR) is 81.6 cm³/mol. The molecule has 0 aliphatic carbocycles. The molecule has 0 amide bonds. The smallest absolute Gasteiger partial charge is 0.402 e. The van der Waals surface area contributed by atoms with Gasteiger partial charge in [0, 0.05) is 6.20 Å². The average molecular weight is 359 g/mol. The number of nitrogens with two attached hydrogens (primary N) is 2. The van der Waals surface area contributed by atoms with Crippen LogP contribution in [0, 0.1) is 16.0 Å². The van der Waals surface area contributed by atoms with E-state index in [1.54, 1.807) is 24.3 Å². The van der Waals surface area contributed by atoms with Crippen molar-refractivity contribution in [3.05, 3.63) is 39.9 Å². The Morgan fingerprint density at radius 1 is 1.29 bits per heavy atom. The van der Waals surface area contributed by atoms with Crippen molar-refractivity contribution in [1.29, 1.82) is 10.8 Å². The second-order valence-corrected chi connectivity index (χ2v) is 3.54. The third kappa shape index (κ3) is 6.35. The molecule has 0 saturated carbocycles. The van der Waals surface area contributed by atoms with Crippen LogP contribution in [0.1, 0.15) is 0 Å². The normalized spacial score (nSPS) is 10.0. The monoisotopic (exact) mass is 358 g/mol. The lowest BCUT2D eigenvalue weighted by atomic mass is 10.3. The maximum absolute atomic E-state index is 10.9. The van der Waals surface area contributed by atoms with Crippen LogP contribution in [0.2, 0.25) is 0 Å². The maximum atomic E-state index is 10.9. The topological polar surface area (TPSA) is 174 Å². The fourth-order valence-electron chi connectivity index (χ4n) is 1.06. The molecule has 0 radical (unpaired) electrons. The molecule has 0 aliphatic rings. The zero-order valence-electron chi connectivity index (χ0n) is 10.7. The van der Waals surface area contributed by atoms with E-state index in [1.165, 1.54) is 12.4 Å². The number of nitrogens with one attached hydrogen (secondary N) is 3. The molecule has 21 heavy (non-hydrogen) atoms. The van der Waals surface area contributed by atoms with Crippen molar-refractivity contribution in [3.63, 3.8) is 0 Å². The molecule has 0 aromatic heterocycles. The van der Waals surface area contributed by atoms with Gasteiger partial charge < -0.3 is 10.9 Å². The van der Waals surface area contributed by atoms with Crippen LogP contribution in [-0.2, 0) is 0 Å². The molecule has 0 heterocycles. The third-order valence-electron chi connectivity index (χ3n) is 2.04. The van der Waals surface area contributed by atoms with E-state index in [1.807, 2.05) is 0 Å². The van der Waals surface area contributed by atoms with Gasteiger partial charge in [0.15, 0.2) is 0 Å². The highest BCUT2D eigenvalue weighted by molar-refractivity contribution is 8.93. The van der Waals surface area contributed by atoms with Crippen LogP contribution >= 0.6 is 17.0 Å². The second-order valence-electron chi connectivity index (χ2n) is 3.54. The molecule has 0 unspecified atom stereocenters. The summed E-state index contributed by atoms with van der Waals surface area (Å²) in [6.45, 7) is 0. The highest BCUT2D eigenvalue weighted by Crippen LogP contribution is 1.78. The molecule has 0 aliphatic heterocycles. The molecule has 1 aromatic rings. The fraction of sp³-hybridized carbons (Fsp3) is 0. The molecule has 114 valence electrons. The Kier molecular flexibility index (Phi) is 7.42. The molecular weight excluding hydrogens is 344 g/mol. The third-order valence-corrected chi connectivity index (χ3v) is 2.04. The minimum atomic E-state index is -0.706. The molecule has 11 heteroatoms. The van der Waals surface area contributed by atoms with E-state index in [4.69, 9.17) is 27.5 Å². The van der Waals surface area contributed by atoms with Crippen molar-refractivity contribution in [2.75, 3.05) is 0 Å². The van der Waals surface area contributed by atoms with Crippen molar-refractivity contribution in [2.24, 2.45) is 16.6 Å². The number of guanidine groups is 2. The Bertz CT molecular complexity index is 636. The molecule has 0 saturated heterocycles. The lowest BCUT2D eigenvalue weighted by molar-refractivity contribution is -0.404. The van der Waals surface area contributed by atoms with Gasteiger partial charge in [0.2, 0.25) is 5.96 Å². The fourth-order valence-corrected chi connectivity index (χ4v) is 1.06. The summed E-state index contributed by atoms with van der Waals surface area (Å²) in [5.74, 6) is -1.26. The summed E-state index contributed by atoms with van der Waals surface area (Å²) in [6.07, 6.45) is 2.66. The largest absolute Gasteiger partial charge is 0.722 e. The number of rotatable bonds is 3. The Morgan fingerprint density at radius 2 is 1.81 bits per heavy atom. The van der Waals surface area contributed by atoms with Crippen molar-refractivity contribution in [2.45, 2.75) is 0 Å². The Hall–Kier alpha value is -2.66. The molecule has 0 spiro atoms. The highest BCUT2D eigenvalue weighted by Gasteiger charge is 1.95. The number of azo groups is 1. The van der Waals surface area contributed by atoms with Gasteiger partial charge in [0.05, 0.1) is 6.20 Å². The zero-order chi connectivity index (χ0) is 15.1. The van der Waals surface area contributed by atoms with Gasteiger partial charge in [0.1, 0.15) is 0 Å². The molecule has 10 nitrogen and oxygen atoms in total. The van der Waals surface area contributed by atoms with Crippen molar-refractivity contribution in [1.82, 2.24) is 10.6 Å². The van der Waals surface area contributed by atoms with E-state index < -0.39 is 11.9 Å². The number of hydroxylamine groups is 2. The first-order valence-electron chi connectivity index (χ1n) is 5.28. The van der Waals surface area contributed by atoms with Gasteiger partial charge in [-0.05, 0) is 10.4 Å². The van der Waals surface area contributed by atoms with Crippen LogP contribution in [0.3, 0.4) is 0 Å². The molecule has 1 aromatic carbocycles. The summed E-state index contributed by atoms with van der Waals surface area (Å²) in [5.41, 5.74) is 12.3. The molecule has 8 N–H and O–H groups in total. The molecule has 0 bridgehead atoms. The van der Waals surface area contributed by atoms with Gasteiger partial charge in [0.25, 0.3) is 0 Å². The van der Waals surface area contributed by atoms with Gasteiger partial charge in [-0.15, -0.1) is 37.5 Å². The first-order valence-corrected chi connectivity index (χ1v) is 5.28. The number of hydrazine groups is 1. The van der Waals surface area contributed by atoms with Gasteiger partial charge in [-0.25, -0.2) is 0 Å².